The van der Waals surface area contributed by atoms with Gasteiger partial charge in [-0.1, -0.05) is 6.07 Å². The zero-order chi connectivity index (χ0) is 29.0. The lowest BCUT2D eigenvalue weighted by molar-refractivity contribution is -0.274. The zero-order valence-corrected chi connectivity index (χ0v) is 22.0. The molecule has 1 unspecified atom stereocenters. The number of hydrogen-bond donors (Lipinski definition) is 2. The molecule has 1 fully saturated rings. The van der Waals surface area contributed by atoms with E-state index in [1.165, 1.54) is 24.3 Å². The minimum Gasteiger partial charge on any atom is -0.406 e. The average molecular weight is 569 g/mol. The zero-order valence-electron chi connectivity index (χ0n) is 22.0. The van der Waals surface area contributed by atoms with Crippen LogP contribution in [0.3, 0.4) is 0 Å². The third-order valence-electron chi connectivity index (χ3n) is 6.50. The summed E-state index contributed by atoms with van der Waals surface area (Å²) in [6, 6.07) is 9.98. The Morgan fingerprint density at radius 1 is 1.05 bits per heavy atom. The van der Waals surface area contributed by atoms with Crippen LogP contribution in [-0.4, -0.2) is 86.1 Å². The van der Waals surface area contributed by atoms with Gasteiger partial charge >= 0.3 is 6.36 Å². The predicted molar refractivity (Wildman–Crippen MR) is 144 cm³/mol. The van der Waals surface area contributed by atoms with Gasteiger partial charge in [-0.2, -0.15) is 0 Å². The van der Waals surface area contributed by atoms with Gasteiger partial charge in [0.1, 0.15) is 29.1 Å². The average Bonchev–Trinajstić information content (AvgIpc) is 3.31. The van der Waals surface area contributed by atoms with Gasteiger partial charge in [0, 0.05) is 50.3 Å². The van der Waals surface area contributed by atoms with E-state index in [1.807, 2.05) is 4.90 Å². The van der Waals surface area contributed by atoms with Crippen molar-refractivity contribution in [1.82, 2.24) is 29.2 Å². The minimum absolute atomic E-state index is 0.133. The number of benzene rings is 1. The van der Waals surface area contributed by atoms with Crippen LogP contribution in [0.1, 0.15) is 6.92 Å². The van der Waals surface area contributed by atoms with Crippen LogP contribution in [0.5, 0.6) is 5.75 Å². The highest BCUT2D eigenvalue weighted by atomic mass is 19.4. The van der Waals surface area contributed by atoms with Gasteiger partial charge in [0.05, 0.1) is 12.7 Å². The second kappa shape index (κ2) is 11.8. The molecule has 11 nitrogen and oxygen atoms in total. The Labute approximate surface area is 233 Å². The van der Waals surface area contributed by atoms with Crippen LogP contribution in [0.25, 0.3) is 16.9 Å². The summed E-state index contributed by atoms with van der Waals surface area (Å²) in [6.07, 6.45) is 1.61. The molecular formula is C27H27F3N8O3. The molecule has 2 amide bonds. The van der Waals surface area contributed by atoms with E-state index in [9.17, 15) is 22.8 Å². The normalized spacial score (nSPS) is 15.0. The topological polar surface area (TPSA) is 117 Å². The maximum absolute atomic E-state index is 13.3. The van der Waals surface area contributed by atoms with E-state index in [0.717, 1.165) is 0 Å². The van der Waals surface area contributed by atoms with Gasteiger partial charge in [-0.05, 0) is 43.3 Å². The van der Waals surface area contributed by atoms with Gasteiger partial charge in [0.2, 0.25) is 11.8 Å². The first-order valence-corrected chi connectivity index (χ1v) is 12.8. The Kier molecular flexibility index (Phi) is 8.01. The number of carbonyl (C=O) groups is 2. The third-order valence-corrected chi connectivity index (χ3v) is 6.50. The Balaban J connectivity index is 1.23. The van der Waals surface area contributed by atoms with Crippen molar-refractivity contribution >= 4 is 29.1 Å². The molecule has 1 aromatic carbocycles. The quantitative estimate of drug-likeness (QED) is 0.333. The number of halogens is 3. The molecule has 1 saturated heterocycles. The van der Waals surface area contributed by atoms with Crippen molar-refractivity contribution in [3.05, 3.63) is 67.3 Å². The number of rotatable bonds is 8. The van der Waals surface area contributed by atoms with Crippen LogP contribution in [0.15, 0.2) is 67.3 Å². The molecule has 4 heterocycles. The fraction of sp³-hybridized carbons (Fsp3) is 0.296. The van der Waals surface area contributed by atoms with Crippen molar-refractivity contribution in [2.45, 2.75) is 19.3 Å². The van der Waals surface area contributed by atoms with E-state index in [1.54, 1.807) is 59.2 Å². The van der Waals surface area contributed by atoms with Crippen molar-refractivity contribution in [3.63, 3.8) is 0 Å². The van der Waals surface area contributed by atoms with Crippen molar-refractivity contribution in [3.8, 4) is 17.0 Å². The number of nitrogens with one attached hydrogen (secondary N) is 2. The summed E-state index contributed by atoms with van der Waals surface area (Å²) < 4.78 is 43.5. The number of hydrogen-bond acceptors (Lipinski definition) is 8. The van der Waals surface area contributed by atoms with Gasteiger partial charge in [0.15, 0.2) is 5.65 Å². The number of piperazine rings is 1. The predicted octanol–water partition coefficient (Wildman–Crippen LogP) is 3.27. The van der Waals surface area contributed by atoms with Crippen LogP contribution in [0.2, 0.25) is 0 Å². The number of fused-ring (bicyclic) bond motifs is 1. The minimum atomic E-state index is -4.80. The van der Waals surface area contributed by atoms with Crippen molar-refractivity contribution in [2.24, 2.45) is 0 Å². The number of carbonyl (C=O) groups excluding carboxylic acids is 2. The maximum atomic E-state index is 13.3. The van der Waals surface area contributed by atoms with E-state index < -0.39 is 12.4 Å². The molecule has 2 N–H and O–H groups in total. The van der Waals surface area contributed by atoms with Crippen LogP contribution >= 0.6 is 0 Å². The molecule has 5 rings (SSSR count). The summed E-state index contributed by atoms with van der Waals surface area (Å²) in [5.74, 6) is 0.326. The number of anilines is 2. The van der Waals surface area contributed by atoms with Crippen LogP contribution < -0.4 is 15.4 Å². The Morgan fingerprint density at radius 3 is 2.49 bits per heavy atom. The highest BCUT2D eigenvalue weighted by molar-refractivity contribution is 5.91. The lowest BCUT2D eigenvalue weighted by Crippen LogP contribution is -2.53. The highest BCUT2D eigenvalue weighted by Gasteiger charge is 2.31. The molecule has 0 radical (unpaired) electrons. The SMILES string of the molecule is CC(Nc1c(-c2ccc(OC(F)(F)F)cc2)nc2cnccn12)C(=O)N1CCN(CC(=O)Nc2ccccn2)CC1. The second-order valence-corrected chi connectivity index (χ2v) is 9.42. The molecule has 0 spiro atoms. The van der Waals surface area contributed by atoms with Crippen LogP contribution in [0.4, 0.5) is 24.8 Å². The number of imidazole rings is 1. The standard InChI is InChI=1S/C27H27F3N8O3/c1-18(26(40)37-14-12-36(13-15-37)17-23(39)34-21-4-2-3-9-32-21)33-25-24(35-22-16-31-10-11-38(22)25)19-5-7-20(8-6-19)41-27(28,29)30/h2-11,16,18,33H,12-15,17H2,1H3,(H,32,34,39). The number of pyridine rings is 1. The van der Waals surface area contributed by atoms with E-state index in [2.05, 4.69) is 30.3 Å². The molecule has 4 aromatic rings. The molecule has 214 valence electrons. The smallest absolute Gasteiger partial charge is 0.406 e. The van der Waals surface area contributed by atoms with Crippen LogP contribution in [-0.2, 0) is 9.59 Å². The molecule has 1 aliphatic rings. The van der Waals surface area contributed by atoms with Gasteiger partial charge in [-0.3, -0.25) is 23.9 Å². The summed E-state index contributed by atoms with van der Waals surface area (Å²) in [6.45, 7) is 3.90. The summed E-state index contributed by atoms with van der Waals surface area (Å²) in [7, 11) is 0. The number of amides is 2. The van der Waals surface area contributed by atoms with Crippen LogP contribution in [0, 0.1) is 0 Å². The molecule has 3 aromatic heterocycles. The van der Waals surface area contributed by atoms with Gasteiger partial charge in [-0.25, -0.2) is 9.97 Å². The fourth-order valence-electron chi connectivity index (χ4n) is 4.55. The first kappa shape index (κ1) is 27.8. The van der Waals surface area contributed by atoms with E-state index in [0.29, 0.717) is 54.7 Å². The van der Waals surface area contributed by atoms with Crippen molar-refractivity contribution in [1.29, 1.82) is 0 Å². The van der Waals surface area contributed by atoms with E-state index >= 15 is 0 Å². The molecule has 1 aliphatic heterocycles. The first-order chi connectivity index (χ1) is 19.7. The Bertz CT molecular complexity index is 1500. The summed E-state index contributed by atoms with van der Waals surface area (Å²) in [5.41, 5.74) is 1.47. The largest absolute Gasteiger partial charge is 0.573 e. The number of nitrogens with zero attached hydrogens (tertiary/aromatic N) is 6. The Morgan fingerprint density at radius 2 is 1.80 bits per heavy atom. The molecule has 0 bridgehead atoms. The van der Waals surface area contributed by atoms with Gasteiger partial charge in [0.25, 0.3) is 0 Å². The molecule has 41 heavy (non-hydrogen) atoms. The fourth-order valence-corrected chi connectivity index (χ4v) is 4.55. The first-order valence-electron chi connectivity index (χ1n) is 12.8. The van der Waals surface area contributed by atoms with E-state index in [-0.39, 0.29) is 24.1 Å². The maximum Gasteiger partial charge on any atom is 0.573 e. The van der Waals surface area contributed by atoms with Crippen molar-refractivity contribution in [2.75, 3.05) is 43.4 Å². The second-order valence-electron chi connectivity index (χ2n) is 9.42. The van der Waals surface area contributed by atoms with E-state index in [4.69, 9.17) is 0 Å². The highest BCUT2D eigenvalue weighted by Crippen LogP contribution is 2.31. The monoisotopic (exact) mass is 568 g/mol. The lowest BCUT2D eigenvalue weighted by Gasteiger charge is -2.35. The Hall–Kier alpha value is -4.72. The molecule has 1 atom stereocenters. The number of alkyl halides is 3. The van der Waals surface area contributed by atoms with Gasteiger partial charge in [-0.15, -0.1) is 13.2 Å². The summed E-state index contributed by atoms with van der Waals surface area (Å²) in [5, 5.41) is 6.00. The lowest BCUT2D eigenvalue weighted by atomic mass is 10.1. The number of ether oxygens (including phenoxy) is 1. The molecule has 0 aliphatic carbocycles. The molecule has 14 heteroatoms. The summed E-state index contributed by atoms with van der Waals surface area (Å²) in [4.78, 5) is 42.2. The molecular weight excluding hydrogens is 541 g/mol. The van der Waals surface area contributed by atoms with Crippen molar-refractivity contribution < 1.29 is 27.5 Å². The molecule has 0 saturated carbocycles. The van der Waals surface area contributed by atoms with Gasteiger partial charge < -0.3 is 20.3 Å². The third kappa shape index (κ3) is 6.90. The summed E-state index contributed by atoms with van der Waals surface area (Å²) >= 11 is 0. The number of aromatic nitrogens is 4.